The van der Waals surface area contributed by atoms with E-state index in [2.05, 4.69) is 5.32 Å². The summed E-state index contributed by atoms with van der Waals surface area (Å²) in [5.74, 6) is 0.419. The summed E-state index contributed by atoms with van der Waals surface area (Å²) in [6, 6.07) is 11.1. The summed E-state index contributed by atoms with van der Waals surface area (Å²) in [6.07, 6.45) is 0. The molecule has 5 nitrogen and oxygen atoms in total. The summed E-state index contributed by atoms with van der Waals surface area (Å²) < 4.78 is 5.09. The Labute approximate surface area is 133 Å². The first-order chi connectivity index (χ1) is 10.6. The van der Waals surface area contributed by atoms with Gasteiger partial charge in [0.25, 0.3) is 5.91 Å². The van der Waals surface area contributed by atoms with Crippen LogP contribution in [0, 0.1) is 0 Å². The van der Waals surface area contributed by atoms with Gasteiger partial charge in [0, 0.05) is 13.6 Å². The van der Waals surface area contributed by atoms with Crippen molar-refractivity contribution in [1.82, 2.24) is 10.2 Å². The number of methoxy groups -OCH3 is 1. The molecule has 1 aromatic heterocycles. The van der Waals surface area contributed by atoms with Crippen LogP contribution >= 0.6 is 11.3 Å². The van der Waals surface area contributed by atoms with E-state index in [1.165, 1.54) is 11.3 Å². The van der Waals surface area contributed by atoms with E-state index < -0.39 is 0 Å². The van der Waals surface area contributed by atoms with E-state index in [4.69, 9.17) is 4.74 Å². The molecule has 6 heteroatoms. The molecule has 0 saturated heterocycles. The predicted molar refractivity (Wildman–Crippen MR) is 86.1 cm³/mol. The quantitative estimate of drug-likeness (QED) is 0.888. The van der Waals surface area contributed by atoms with Crippen molar-refractivity contribution < 1.29 is 14.3 Å². The summed E-state index contributed by atoms with van der Waals surface area (Å²) in [7, 11) is 3.32. The van der Waals surface area contributed by atoms with Gasteiger partial charge in [0.2, 0.25) is 5.91 Å². The van der Waals surface area contributed by atoms with Crippen LogP contribution in [0.4, 0.5) is 0 Å². The van der Waals surface area contributed by atoms with E-state index >= 15 is 0 Å². The minimum atomic E-state index is -0.221. The molecular weight excluding hydrogens is 300 g/mol. The number of ether oxygens (including phenoxy) is 1. The fourth-order valence-electron chi connectivity index (χ4n) is 1.88. The fourth-order valence-corrected chi connectivity index (χ4v) is 2.52. The van der Waals surface area contributed by atoms with E-state index in [9.17, 15) is 9.59 Å². The number of nitrogens with zero attached hydrogens (tertiary/aromatic N) is 1. The number of carbonyl (C=O) groups is 2. The van der Waals surface area contributed by atoms with Crippen LogP contribution in [0.5, 0.6) is 5.75 Å². The van der Waals surface area contributed by atoms with Crippen LogP contribution in [-0.2, 0) is 11.3 Å². The first-order valence-electron chi connectivity index (χ1n) is 6.78. The van der Waals surface area contributed by atoms with Crippen molar-refractivity contribution in [3.05, 3.63) is 52.2 Å². The number of likely N-dealkylation sites (N-methyl/N-ethyl adjacent to an activating group) is 1. The lowest BCUT2D eigenvalue weighted by atomic mass is 10.2. The van der Waals surface area contributed by atoms with Gasteiger partial charge in [-0.05, 0) is 29.1 Å². The van der Waals surface area contributed by atoms with Crippen molar-refractivity contribution in [2.75, 3.05) is 20.7 Å². The molecule has 0 aliphatic heterocycles. The first-order valence-corrected chi connectivity index (χ1v) is 7.66. The number of benzene rings is 1. The largest absolute Gasteiger partial charge is 0.497 e. The molecule has 0 aliphatic carbocycles. The maximum absolute atomic E-state index is 12.0. The Morgan fingerprint density at radius 1 is 1.23 bits per heavy atom. The van der Waals surface area contributed by atoms with Gasteiger partial charge in [0.15, 0.2) is 0 Å². The average Bonchev–Trinajstić information content (AvgIpc) is 3.07. The lowest BCUT2D eigenvalue weighted by molar-refractivity contribution is -0.129. The zero-order valence-corrected chi connectivity index (χ0v) is 13.4. The number of thiophene rings is 1. The summed E-state index contributed by atoms with van der Waals surface area (Å²) in [5, 5.41) is 4.46. The van der Waals surface area contributed by atoms with Crippen LogP contribution in [0.3, 0.4) is 0 Å². The predicted octanol–water partition coefficient (Wildman–Crippen LogP) is 2.15. The molecule has 0 atom stereocenters. The zero-order chi connectivity index (χ0) is 15.9. The highest BCUT2D eigenvalue weighted by Crippen LogP contribution is 2.12. The van der Waals surface area contributed by atoms with Gasteiger partial charge in [-0.15, -0.1) is 11.3 Å². The van der Waals surface area contributed by atoms with Crippen LogP contribution in [0.2, 0.25) is 0 Å². The van der Waals surface area contributed by atoms with Crippen LogP contribution in [0.25, 0.3) is 0 Å². The standard InChI is InChI=1S/C16H18N2O3S/c1-18(11-12-5-7-13(21-2)8-6-12)15(19)10-17-16(20)14-4-3-9-22-14/h3-9H,10-11H2,1-2H3,(H,17,20). The van der Waals surface area contributed by atoms with E-state index in [1.807, 2.05) is 29.6 Å². The Morgan fingerprint density at radius 3 is 2.55 bits per heavy atom. The minimum absolute atomic E-state index is 0.0105. The summed E-state index contributed by atoms with van der Waals surface area (Å²) in [4.78, 5) is 26.0. The smallest absolute Gasteiger partial charge is 0.261 e. The summed E-state index contributed by atoms with van der Waals surface area (Å²) in [5.41, 5.74) is 1.00. The van der Waals surface area contributed by atoms with Gasteiger partial charge < -0.3 is 15.0 Å². The average molecular weight is 318 g/mol. The molecule has 1 aromatic carbocycles. The van der Waals surface area contributed by atoms with Gasteiger partial charge in [-0.2, -0.15) is 0 Å². The molecular formula is C16H18N2O3S. The minimum Gasteiger partial charge on any atom is -0.497 e. The highest BCUT2D eigenvalue weighted by Gasteiger charge is 2.12. The van der Waals surface area contributed by atoms with Crippen LogP contribution in [0.1, 0.15) is 15.2 Å². The topological polar surface area (TPSA) is 58.6 Å². The third-order valence-corrected chi connectivity index (χ3v) is 4.02. The van der Waals surface area contributed by atoms with Gasteiger partial charge in [-0.25, -0.2) is 0 Å². The molecule has 0 unspecified atom stereocenters. The van der Waals surface area contributed by atoms with Crippen molar-refractivity contribution in [3.8, 4) is 5.75 Å². The second kappa shape index (κ2) is 7.61. The number of amides is 2. The molecule has 22 heavy (non-hydrogen) atoms. The SMILES string of the molecule is COc1ccc(CN(C)C(=O)CNC(=O)c2cccs2)cc1. The van der Waals surface area contributed by atoms with Gasteiger partial charge in [0.05, 0.1) is 18.5 Å². The Kier molecular flexibility index (Phi) is 5.55. The molecule has 2 aromatic rings. The zero-order valence-electron chi connectivity index (χ0n) is 12.5. The third-order valence-electron chi connectivity index (χ3n) is 3.15. The normalized spacial score (nSPS) is 10.1. The molecule has 0 spiro atoms. The van der Waals surface area contributed by atoms with Crippen molar-refractivity contribution in [1.29, 1.82) is 0 Å². The lowest BCUT2D eigenvalue weighted by Gasteiger charge is -2.17. The van der Waals surface area contributed by atoms with Gasteiger partial charge in [0.1, 0.15) is 5.75 Å². The second-order valence-corrected chi connectivity index (χ2v) is 5.71. The van der Waals surface area contributed by atoms with E-state index in [0.29, 0.717) is 11.4 Å². The summed E-state index contributed by atoms with van der Waals surface area (Å²) >= 11 is 1.35. The first kappa shape index (κ1) is 16.0. The number of carbonyl (C=O) groups excluding carboxylic acids is 2. The molecule has 0 bridgehead atoms. The molecule has 2 rings (SSSR count). The molecule has 0 aliphatic rings. The molecule has 0 fully saturated rings. The third kappa shape index (κ3) is 4.33. The Hall–Kier alpha value is -2.34. The van der Waals surface area contributed by atoms with Crippen LogP contribution in [-0.4, -0.2) is 37.4 Å². The van der Waals surface area contributed by atoms with Crippen LogP contribution in [0.15, 0.2) is 41.8 Å². The molecule has 1 heterocycles. The summed E-state index contributed by atoms with van der Waals surface area (Å²) in [6.45, 7) is 0.473. The van der Waals surface area contributed by atoms with Crippen molar-refractivity contribution in [2.24, 2.45) is 0 Å². The van der Waals surface area contributed by atoms with Crippen molar-refractivity contribution in [3.63, 3.8) is 0 Å². The molecule has 0 saturated carbocycles. The maximum Gasteiger partial charge on any atom is 0.261 e. The Morgan fingerprint density at radius 2 is 1.95 bits per heavy atom. The molecule has 1 N–H and O–H groups in total. The van der Waals surface area contributed by atoms with Gasteiger partial charge in [-0.3, -0.25) is 9.59 Å². The van der Waals surface area contributed by atoms with Crippen molar-refractivity contribution in [2.45, 2.75) is 6.54 Å². The Balaban J connectivity index is 1.82. The van der Waals surface area contributed by atoms with E-state index in [-0.39, 0.29) is 18.4 Å². The second-order valence-electron chi connectivity index (χ2n) is 4.76. The Bertz CT molecular complexity index is 623. The highest BCUT2D eigenvalue weighted by molar-refractivity contribution is 7.12. The van der Waals surface area contributed by atoms with Crippen molar-refractivity contribution >= 4 is 23.2 Å². The molecule has 116 valence electrons. The van der Waals surface area contributed by atoms with Gasteiger partial charge >= 0.3 is 0 Å². The number of hydrogen-bond acceptors (Lipinski definition) is 4. The number of nitrogens with one attached hydrogen (secondary N) is 1. The number of rotatable bonds is 6. The maximum atomic E-state index is 12.0. The lowest BCUT2D eigenvalue weighted by Crippen LogP contribution is -2.37. The van der Waals surface area contributed by atoms with E-state index in [0.717, 1.165) is 11.3 Å². The molecule has 2 amide bonds. The fraction of sp³-hybridized carbons (Fsp3) is 0.250. The van der Waals surface area contributed by atoms with Crippen LogP contribution < -0.4 is 10.1 Å². The monoisotopic (exact) mass is 318 g/mol. The van der Waals surface area contributed by atoms with Gasteiger partial charge in [-0.1, -0.05) is 18.2 Å². The number of hydrogen-bond donors (Lipinski definition) is 1. The highest BCUT2D eigenvalue weighted by atomic mass is 32.1. The van der Waals surface area contributed by atoms with E-state index in [1.54, 1.807) is 31.2 Å². The molecule has 0 radical (unpaired) electrons.